The molecular weight excluding hydrogens is 464 g/mol. The highest BCUT2D eigenvalue weighted by atomic mass is 16.4. The highest BCUT2D eigenvalue weighted by molar-refractivity contribution is 6.06. The van der Waals surface area contributed by atoms with Crippen molar-refractivity contribution in [1.82, 2.24) is 15.7 Å². The van der Waals surface area contributed by atoms with Crippen molar-refractivity contribution in [3.05, 3.63) is 125 Å². The van der Waals surface area contributed by atoms with Crippen LogP contribution in [0.25, 0.3) is 0 Å². The Kier molecular flexibility index (Phi) is 7.21. The van der Waals surface area contributed by atoms with Crippen molar-refractivity contribution in [3.63, 3.8) is 0 Å². The Morgan fingerprint density at radius 2 is 1.62 bits per heavy atom. The van der Waals surface area contributed by atoms with E-state index >= 15 is 0 Å². The van der Waals surface area contributed by atoms with Gasteiger partial charge in [-0.3, -0.25) is 14.6 Å². The molecule has 0 saturated heterocycles. The zero-order chi connectivity index (χ0) is 25.6. The van der Waals surface area contributed by atoms with Crippen LogP contribution in [0, 0.1) is 6.92 Å². The molecular formula is C30H28N4O3. The minimum atomic E-state index is -0.492. The van der Waals surface area contributed by atoms with Crippen molar-refractivity contribution in [3.8, 4) is 0 Å². The smallest absolute Gasteiger partial charge is 0.287 e. The Morgan fingerprint density at radius 1 is 0.946 bits per heavy atom. The summed E-state index contributed by atoms with van der Waals surface area (Å²) >= 11 is 0. The maximum Gasteiger partial charge on any atom is 0.287 e. The molecule has 2 heterocycles. The number of fused-ring (bicyclic) bond motifs is 1. The number of rotatable bonds is 7. The second-order valence-corrected chi connectivity index (χ2v) is 9.00. The van der Waals surface area contributed by atoms with E-state index in [1.165, 1.54) is 0 Å². The second-order valence-electron chi connectivity index (χ2n) is 9.00. The highest BCUT2D eigenvalue weighted by Crippen LogP contribution is 2.30. The molecule has 0 bridgehead atoms. The van der Waals surface area contributed by atoms with Gasteiger partial charge < -0.3 is 9.73 Å². The molecule has 2 amide bonds. The molecule has 5 rings (SSSR count). The predicted molar refractivity (Wildman–Crippen MR) is 141 cm³/mol. The van der Waals surface area contributed by atoms with E-state index in [9.17, 15) is 9.59 Å². The highest BCUT2D eigenvalue weighted by Gasteiger charge is 2.29. The van der Waals surface area contributed by atoms with Crippen molar-refractivity contribution in [2.24, 2.45) is 5.10 Å². The fourth-order valence-electron chi connectivity index (χ4n) is 4.72. The maximum atomic E-state index is 13.4. The predicted octanol–water partition coefficient (Wildman–Crippen LogP) is 4.90. The van der Waals surface area contributed by atoms with Gasteiger partial charge >= 0.3 is 0 Å². The number of hydrazone groups is 1. The Bertz CT molecular complexity index is 1370. The molecule has 2 aromatic heterocycles. The summed E-state index contributed by atoms with van der Waals surface area (Å²) in [4.78, 5) is 30.5. The number of hydrogen-bond acceptors (Lipinski definition) is 5. The molecule has 4 aromatic rings. The molecule has 0 spiro atoms. The number of furan rings is 1. The Balaban J connectivity index is 1.37. The first-order valence-electron chi connectivity index (χ1n) is 12.4. The molecule has 7 nitrogen and oxygen atoms in total. The lowest BCUT2D eigenvalue weighted by Gasteiger charge is -2.18. The first-order valence-corrected chi connectivity index (χ1v) is 12.4. The summed E-state index contributed by atoms with van der Waals surface area (Å²) < 4.78 is 5.98. The fourth-order valence-corrected chi connectivity index (χ4v) is 4.72. The Labute approximate surface area is 215 Å². The van der Waals surface area contributed by atoms with Crippen molar-refractivity contribution in [1.29, 1.82) is 0 Å². The normalized spacial score (nSPS) is 13.8. The summed E-state index contributed by atoms with van der Waals surface area (Å²) in [5, 5.41) is 7.42. The van der Waals surface area contributed by atoms with Gasteiger partial charge in [0, 0.05) is 23.7 Å². The summed E-state index contributed by atoms with van der Waals surface area (Å²) in [5.74, 6) is -0.00967. The number of carbonyl (C=O) groups excluding carboxylic acids is 2. The van der Waals surface area contributed by atoms with E-state index in [2.05, 4.69) is 20.8 Å². The fraction of sp³-hybridized carbons (Fsp3) is 0.200. The SMILES string of the molecule is Cc1c(C(=O)NCc2ccccn2)oc2c1/C(=N/NC(=O)C(c1ccccc1)c1ccccc1)CCC2. The molecule has 0 atom stereocenters. The summed E-state index contributed by atoms with van der Waals surface area (Å²) in [7, 11) is 0. The van der Waals surface area contributed by atoms with Gasteiger partial charge in [0.15, 0.2) is 5.76 Å². The van der Waals surface area contributed by atoms with Crippen molar-refractivity contribution in [2.45, 2.75) is 38.6 Å². The van der Waals surface area contributed by atoms with E-state index in [-0.39, 0.29) is 17.6 Å². The van der Waals surface area contributed by atoms with Crippen LogP contribution in [0.1, 0.15) is 63.0 Å². The minimum absolute atomic E-state index is 0.216. The third kappa shape index (κ3) is 5.35. The van der Waals surface area contributed by atoms with E-state index < -0.39 is 5.92 Å². The molecule has 1 aliphatic carbocycles. The van der Waals surface area contributed by atoms with Crippen LogP contribution in [0.2, 0.25) is 0 Å². The van der Waals surface area contributed by atoms with Crippen LogP contribution in [0.5, 0.6) is 0 Å². The van der Waals surface area contributed by atoms with Gasteiger partial charge in [-0.15, -0.1) is 0 Å². The first-order chi connectivity index (χ1) is 18.1. The number of nitrogens with one attached hydrogen (secondary N) is 2. The maximum absolute atomic E-state index is 13.4. The molecule has 37 heavy (non-hydrogen) atoms. The minimum Gasteiger partial charge on any atom is -0.455 e. The van der Waals surface area contributed by atoms with Gasteiger partial charge in [0.2, 0.25) is 0 Å². The van der Waals surface area contributed by atoms with E-state index in [1.807, 2.05) is 85.8 Å². The van der Waals surface area contributed by atoms with Gasteiger partial charge in [-0.2, -0.15) is 5.10 Å². The molecule has 0 fully saturated rings. The quantitative estimate of drug-likeness (QED) is 0.359. The third-order valence-corrected chi connectivity index (χ3v) is 6.52. The largest absolute Gasteiger partial charge is 0.455 e. The average Bonchev–Trinajstić information content (AvgIpc) is 3.29. The summed E-state index contributed by atoms with van der Waals surface area (Å²) in [6, 6.07) is 24.9. The number of pyridine rings is 1. The Morgan fingerprint density at radius 3 is 2.27 bits per heavy atom. The van der Waals surface area contributed by atoms with Gasteiger partial charge in [0.25, 0.3) is 11.8 Å². The lowest BCUT2D eigenvalue weighted by molar-refractivity contribution is -0.121. The van der Waals surface area contributed by atoms with Crippen LogP contribution in [0.4, 0.5) is 0 Å². The van der Waals surface area contributed by atoms with E-state index in [0.717, 1.165) is 45.8 Å². The molecule has 0 radical (unpaired) electrons. The number of carbonyl (C=O) groups is 2. The van der Waals surface area contributed by atoms with Crippen LogP contribution in [0.15, 0.2) is 94.6 Å². The molecule has 0 unspecified atom stereocenters. The standard InChI is InChI=1S/C30H28N4O3/c1-20-26-24(16-10-17-25(26)37-28(20)30(36)32-19-23-15-8-9-18-31-23)33-34-29(35)27(21-11-4-2-5-12-21)22-13-6-3-7-14-22/h2-9,11-15,18,27H,10,16-17,19H2,1H3,(H,32,36)(H,34,35)/b33-24+. The van der Waals surface area contributed by atoms with Gasteiger partial charge in [-0.1, -0.05) is 66.7 Å². The van der Waals surface area contributed by atoms with Crippen molar-refractivity contribution < 1.29 is 14.0 Å². The molecule has 186 valence electrons. The molecule has 2 N–H and O–H groups in total. The average molecular weight is 493 g/mol. The summed E-state index contributed by atoms with van der Waals surface area (Å²) in [6.45, 7) is 2.17. The molecule has 0 saturated carbocycles. The number of amides is 2. The van der Waals surface area contributed by atoms with Crippen LogP contribution in [-0.2, 0) is 17.8 Å². The molecule has 2 aromatic carbocycles. The number of hydrogen-bond donors (Lipinski definition) is 2. The second kappa shape index (κ2) is 11.0. The van der Waals surface area contributed by atoms with Gasteiger partial charge in [0.05, 0.1) is 23.9 Å². The monoisotopic (exact) mass is 492 g/mol. The van der Waals surface area contributed by atoms with Crippen LogP contribution in [0.3, 0.4) is 0 Å². The zero-order valence-electron chi connectivity index (χ0n) is 20.6. The van der Waals surface area contributed by atoms with Crippen molar-refractivity contribution in [2.75, 3.05) is 0 Å². The molecule has 1 aliphatic rings. The van der Waals surface area contributed by atoms with Crippen LogP contribution >= 0.6 is 0 Å². The van der Waals surface area contributed by atoms with Crippen LogP contribution in [-0.4, -0.2) is 22.5 Å². The third-order valence-electron chi connectivity index (χ3n) is 6.52. The van der Waals surface area contributed by atoms with Crippen molar-refractivity contribution >= 4 is 17.5 Å². The summed E-state index contributed by atoms with van der Waals surface area (Å²) in [5.41, 5.74) is 7.61. The topological polar surface area (TPSA) is 96.6 Å². The van der Waals surface area contributed by atoms with Gasteiger partial charge in [-0.25, -0.2) is 5.43 Å². The van der Waals surface area contributed by atoms with E-state index in [1.54, 1.807) is 6.20 Å². The Hall–Kier alpha value is -4.52. The van der Waals surface area contributed by atoms with Gasteiger partial charge in [-0.05, 0) is 43.0 Å². The zero-order valence-corrected chi connectivity index (χ0v) is 20.6. The molecule has 7 heteroatoms. The van der Waals surface area contributed by atoms with Gasteiger partial charge in [0.1, 0.15) is 5.76 Å². The number of benzene rings is 2. The lowest BCUT2D eigenvalue weighted by atomic mass is 9.90. The van der Waals surface area contributed by atoms with E-state index in [0.29, 0.717) is 19.4 Å². The summed E-state index contributed by atoms with van der Waals surface area (Å²) in [6.07, 6.45) is 3.91. The number of aryl methyl sites for hydroxylation is 1. The number of aromatic nitrogens is 1. The van der Waals surface area contributed by atoms with E-state index in [4.69, 9.17) is 4.42 Å². The number of nitrogens with zero attached hydrogens (tertiary/aromatic N) is 2. The lowest BCUT2D eigenvalue weighted by Crippen LogP contribution is -2.28. The first kappa shape index (κ1) is 24.2. The molecule has 0 aliphatic heterocycles. The van der Waals surface area contributed by atoms with Crippen LogP contribution < -0.4 is 10.7 Å².